The van der Waals surface area contributed by atoms with E-state index in [1.807, 2.05) is 30.3 Å². The minimum absolute atomic E-state index is 0.166. The summed E-state index contributed by atoms with van der Waals surface area (Å²) in [6.45, 7) is 0. The summed E-state index contributed by atoms with van der Waals surface area (Å²) in [4.78, 5) is 12.2. The van der Waals surface area contributed by atoms with Crippen molar-refractivity contribution in [1.29, 1.82) is 0 Å². The van der Waals surface area contributed by atoms with Gasteiger partial charge in [-0.3, -0.25) is 0 Å². The zero-order valence-electron chi connectivity index (χ0n) is 14.3. The average molecular weight is 326 g/mol. The Balaban J connectivity index is 1.30. The van der Waals surface area contributed by atoms with Gasteiger partial charge in [-0.25, -0.2) is 4.79 Å². The summed E-state index contributed by atoms with van der Waals surface area (Å²) < 4.78 is 11.0. The van der Waals surface area contributed by atoms with Gasteiger partial charge >= 0.3 is 5.97 Å². The van der Waals surface area contributed by atoms with Crippen LogP contribution in [-0.2, 0) is 16.0 Å². The molecule has 4 fully saturated rings. The lowest BCUT2D eigenvalue weighted by Gasteiger charge is -2.53. The summed E-state index contributed by atoms with van der Waals surface area (Å²) >= 11 is 0. The molecule has 24 heavy (non-hydrogen) atoms. The highest BCUT2D eigenvalue weighted by molar-refractivity contribution is 5.82. The van der Waals surface area contributed by atoms with Crippen LogP contribution in [0, 0.1) is 23.7 Å². The minimum Gasteiger partial charge on any atom is -0.497 e. The van der Waals surface area contributed by atoms with Crippen molar-refractivity contribution in [3.63, 3.8) is 0 Å². The Bertz CT molecular complexity index is 588. The highest BCUT2D eigenvalue weighted by Crippen LogP contribution is 2.54. The molecular formula is C21H26O3. The third-order valence-electron chi connectivity index (χ3n) is 6.16. The Morgan fingerprint density at radius 2 is 1.67 bits per heavy atom. The Labute approximate surface area is 144 Å². The lowest BCUT2D eigenvalue weighted by molar-refractivity contribution is -0.165. The van der Waals surface area contributed by atoms with Crippen LogP contribution in [0.1, 0.15) is 37.7 Å². The van der Waals surface area contributed by atoms with E-state index in [0.717, 1.165) is 29.6 Å². The van der Waals surface area contributed by atoms with Crippen molar-refractivity contribution in [2.75, 3.05) is 7.11 Å². The number of rotatable bonds is 5. The minimum atomic E-state index is -0.166. The van der Waals surface area contributed by atoms with Crippen molar-refractivity contribution in [3.05, 3.63) is 42.0 Å². The number of carbonyl (C=O) groups excluding carboxylic acids is 1. The number of allylic oxidation sites excluding steroid dienone is 1. The van der Waals surface area contributed by atoms with Crippen molar-refractivity contribution >= 4 is 5.97 Å². The van der Waals surface area contributed by atoms with E-state index in [9.17, 15) is 4.79 Å². The van der Waals surface area contributed by atoms with E-state index in [1.54, 1.807) is 13.2 Å². The van der Waals surface area contributed by atoms with Crippen LogP contribution in [0.3, 0.4) is 0 Å². The first-order valence-electron chi connectivity index (χ1n) is 9.21. The number of hydrogen-bond donors (Lipinski definition) is 0. The molecule has 0 aliphatic heterocycles. The van der Waals surface area contributed by atoms with Gasteiger partial charge in [0, 0.05) is 6.08 Å². The second-order valence-corrected chi connectivity index (χ2v) is 7.79. The first-order chi connectivity index (χ1) is 11.7. The van der Waals surface area contributed by atoms with Crippen molar-refractivity contribution in [1.82, 2.24) is 0 Å². The van der Waals surface area contributed by atoms with Crippen molar-refractivity contribution in [2.45, 2.75) is 44.6 Å². The Morgan fingerprint density at radius 3 is 2.25 bits per heavy atom. The fraction of sp³-hybridized carbons (Fsp3) is 0.571. The molecule has 4 aliphatic rings. The first kappa shape index (κ1) is 15.7. The van der Waals surface area contributed by atoms with Crippen LogP contribution in [-0.4, -0.2) is 19.2 Å². The molecule has 5 rings (SSSR count). The van der Waals surface area contributed by atoms with Gasteiger partial charge in [-0.15, -0.1) is 0 Å². The lowest BCUT2D eigenvalue weighted by Crippen LogP contribution is -2.49. The molecule has 0 spiro atoms. The molecule has 0 atom stereocenters. The Kier molecular flexibility index (Phi) is 4.34. The summed E-state index contributed by atoms with van der Waals surface area (Å²) in [6, 6.07) is 7.92. The summed E-state index contributed by atoms with van der Waals surface area (Å²) in [5.74, 6) is 3.76. The number of esters is 1. The Hall–Kier alpha value is -1.77. The zero-order chi connectivity index (χ0) is 16.5. The molecule has 3 nitrogen and oxygen atoms in total. The topological polar surface area (TPSA) is 35.5 Å². The number of hydrogen-bond acceptors (Lipinski definition) is 3. The van der Waals surface area contributed by atoms with E-state index in [2.05, 4.69) is 0 Å². The van der Waals surface area contributed by atoms with E-state index in [-0.39, 0.29) is 12.1 Å². The monoisotopic (exact) mass is 326 g/mol. The van der Waals surface area contributed by atoms with Crippen LogP contribution in [0.4, 0.5) is 0 Å². The van der Waals surface area contributed by atoms with Gasteiger partial charge in [0.2, 0.25) is 0 Å². The summed E-state index contributed by atoms with van der Waals surface area (Å²) in [5, 5.41) is 0. The van der Waals surface area contributed by atoms with Gasteiger partial charge in [0.15, 0.2) is 0 Å². The first-order valence-corrected chi connectivity index (χ1v) is 9.21. The number of carbonyl (C=O) groups is 1. The van der Waals surface area contributed by atoms with Gasteiger partial charge in [0.1, 0.15) is 11.9 Å². The summed E-state index contributed by atoms with van der Waals surface area (Å²) in [7, 11) is 1.66. The summed E-state index contributed by atoms with van der Waals surface area (Å²) in [5.41, 5.74) is 1.16. The highest BCUT2D eigenvalue weighted by atomic mass is 16.5. The van der Waals surface area contributed by atoms with Gasteiger partial charge in [-0.2, -0.15) is 0 Å². The second-order valence-electron chi connectivity index (χ2n) is 7.79. The predicted molar refractivity (Wildman–Crippen MR) is 92.8 cm³/mol. The van der Waals surface area contributed by atoms with Crippen molar-refractivity contribution in [2.24, 2.45) is 23.7 Å². The molecule has 0 unspecified atom stereocenters. The second kappa shape index (κ2) is 6.62. The molecule has 4 aliphatic carbocycles. The maximum Gasteiger partial charge on any atom is 0.330 e. The van der Waals surface area contributed by atoms with Crippen LogP contribution in [0.5, 0.6) is 5.75 Å². The van der Waals surface area contributed by atoms with Crippen LogP contribution in [0.2, 0.25) is 0 Å². The molecule has 128 valence electrons. The van der Waals surface area contributed by atoms with Gasteiger partial charge in [0.05, 0.1) is 7.11 Å². The largest absolute Gasteiger partial charge is 0.497 e. The van der Waals surface area contributed by atoms with Gasteiger partial charge in [-0.1, -0.05) is 18.2 Å². The zero-order valence-corrected chi connectivity index (χ0v) is 14.3. The van der Waals surface area contributed by atoms with E-state index < -0.39 is 0 Å². The number of ether oxygens (including phenoxy) is 2. The molecule has 4 bridgehead atoms. The van der Waals surface area contributed by atoms with E-state index in [1.165, 1.54) is 32.1 Å². The Morgan fingerprint density at radius 1 is 1.04 bits per heavy atom. The standard InChI is InChI=1S/C21H26O3/c1-23-19-7-5-14(6-8-19)3-2-4-20(22)24-21-17-10-15-9-16(12-17)13-18(21)11-15/h2,4-8,15-18,21H,3,9-13H2,1H3. The maximum atomic E-state index is 12.2. The van der Waals surface area contributed by atoms with Crippen LogP contribution in [0.25, 0.3) is 0 Å². The third-order valence-corrected chi connectivity index (χ3v) is 6.16. The third kappa shape index (κ3) is 3.22. The maximum absolute atomic E-state index is 12.2. The molecule has 1 aromatic carbocycles. The molecular weight excluding hydrogens is 300 g/mol. The molecule has 1 aromatic rings. The molecule has 0 aromatic heterocycles. The fourth-order valence-corrected chi connectivity index (χ4v) is 5.29. The highest BCUT2D eigenvalue weighted by Gasteiger charge is 2.49. The fourth-order valence-electron chi connectivity index (χ4n) is 5.29. The van der Waals surface area contributed by atoms with Crippen molar-refractivity contribution in [3.8, 4) is 5.75 Å². The van der Waals surface area contributed by atoms with Gasteiger partial charge < -0.3 is 9.47 Å². The van der Waals surface area contributed by atoms with E-state index in [4.69, 9.17) is 9.47 Å². The molecule has 0 heterocycles. The number of methoxy groups -OCH3 is 1. The van der Waals surface area contributed by atoms with Gasteiger partial charge in [-0.05, 0) is 79.9 Å². The smallest absolute Gasteiger partial charge is 0.330 e. The lowest BCUT2D eigenvalue weighted by atomic mass is 9.55. The van der Waals surface area contributed by atoms with Crippen LogP contribution < -0.4 is 4.74 Å². The van der Waals surface area contributed by atoms with E-state index >= 15 is 0 Å². The molecule has 3 heteroatoms. The summed E-state index contributed by atoms with van der Waals surface area (Å²) in [6.07, 6.45) is 11.0. The van der Waals surface area contributed by atoms with Gasteiger partial charge in [0.25, 0.3) is 0 Å². The molecule has 0 N–H and O–H groups in total. The van der Waals surface area contributed by atoms with Crippen LogP contribution in [0.15, 0.2) is 36.4 Å². The average Bonchev–Trinajstić information content (AvgIpc) is 2.58. The molecule has 0 saturated heterocycles. The molecule has 0 amide bonds. The van der Waals surface area contributed by atoms with Crippen LogP contribution >= 0.6 is 0 Å². The van der Waals surface area contributed by atoms with E-state index in [0.29, 0.717) is 11.8 Å². The molecule has 4 saturated carbocycles. The number of benzene rings is 1. The normalized spacial score (nSPS) is 33.8. The SMILES string of the molecule is COc1ccc(CC=CC(=O)OC2C3CC4CC(C3)CC2C4)cc1. The van der Waals surface area contributed by atoms with Crippen molar-refractivity contribution < 1.29 is 14.3 Å². The quantitative estimate of drug-likeness (QED) is 0.602. The molecule has 0 radical (unpaired) electrons. The predicted octanol–water partition coefficient (Wildman–Crippen LogP) is 4.16.